The molecule has 0 radical (unpaired) electrons. The van der Waals surface area contributed by atoms with Gasteiger partial charge in [0.1, 0.15) is 24.9 Å². The number of alkyl carbamates (subject to hydrolysis) is 1. The number of carbonyl (C=O) groups excluding carboxylic acids is 4. The van der Waals surface area contributed by atoms with Crippen LogP contribution in [-0.2, 0) is 34.0 Å². The summed E-state index contributed by atoms with van der Waals surface area (Å²) in [7, 11) is 0. The number of benzene rings is 3. The third kappa shape index (κ3) is 10.2. The number of fused-ring (bicyclic) bond motifs is 1. The van der Waals surface area contributed by atoms with Crippen LogP contribution in [0.4, 0.5) is 29.7 Å². The first-order chi connectivity index (χ1) is 26.7. The number of nitrogens with one attached hydrogen (secondary N) is 2. The number of ketones is 1. The predicted molar refractivity (Wildman–Crippen MR) is 210 cm³/mol. The minimum Gasteiger partial charge on any atom is -0.445 e. The zero-order chi connectivity index (χ0) is 40.5. The Kier molecular flexibility index (Phi) is 13.6. The fourth-order valence-corrected chi connectivity index (χ4v) is 6.32. The number of anilines is 2. The number of rotatable bonds is 13. The molecule has 3 amide bonds. The molecular weight excluding hydrogens is 724 g/mol. The maximum atomic E-state index is 15.3. The minimum atomic E-state index is -0.987. The van der Waals surface area contributed by atoms with Crippen molar-refractivity contribution in [2.45, 2.75) is 60.4 Å². The van der Waals surface area contributed by atoms with Crippen molar-refractivity contribution >= 4 is 46.2 Å². The maximum Gasteiger partial charge on any atom is 0.410 e. The predicted octanol–water partition coefficient (Wildman–Crippen LogP) is 7.20. The van der Waals surface area contributed by atoms with E-state index < -0.39 is 47.1 Å². The summed E-state index contributed by atoms with van der Waals surface area (Å²) >= 11 is 0. The third-order valence-corrected chi connectivity index (χ3v) is 9.60. The summed E-state index contributed by atoms with van der Waals surface area (Å²) in [5.41, 5.74) is 2.26. The number of halogens is 2. The Morgan fingerprint density at radius 3 is 2.16 bits per heavy atom. The molecule has 1 fully saturated rings. The number of aryl methyl sites for hydroxylation is 1. The third-order valence-electron chi connectivity index (χ3n) is 9.60. The summed E-state index contributed by atoms with van der Waals surface area (Å²) in [4.78, 5) is 66.4. The fourth-order valence-electron chi connectivity index (χ4n) is 6.32. The smallest absolute Gasteiger partial charge is 0.410 e. The Balaban J connectivity index is 1.09. The molecule has 296 valence electrons. The first kappa shape index (κ1) is 41.1. The number of aromatic nitrogens is 1. The number of amides is 3. The molecule has 1 aliphatic rings. The average molecular weight is 772 g/mol. The molecule has 56 heavy (non-hydrogen) atoms. The quantitative estimate of drug-likeness (QED) is 0.136. The Bertz CT molecular complexity index is 2150. The lowest BCUT2D eigenvalue weighted by Crippen LogP contribution is -2.49. The number of ether oxygens (including phenoxy) is 2. The van der Waals surface area contributed by atoms with Crippen LogP contribution in [0.1, 0.15) is 56.1 Å². The van der Waals surface area contributed by atoms with Crippen LogP contribution in [0.15, 0.2) is 89.6 Å². The van der Waals surface area contributed by atoms with E-state index in [1.807, 2.05) is 42.2 Å². The number of Topliss-reactive ketones (excluding diaryl/α,β-unsaturated/α-hetero) is 1. The van der Waals surface area contributed by atoms with Gasteiger partial charge in [0.05, 0.1) is 28.7 Å². The van der Waals surface area contributed by atoms with Crippen molar-refractivity contribution in [2.75, 3.05) is 36.4 Å². The second-order valence-corrected chi connectivity index (χ2v) is 14.0. The first-order valence-electron chi connectivity index (χ1n) is 18.5. The highest BCUT2D eigenvalue weighted by molar-refractivity contribution is 5.97. The van der Waals surface area contributed by atoms with Gasteiger partial charge in [-0.25, -0.2) is 18.4 Å². The van der Waals surface area contributed by atoms with Crippen LogP contribution in [-0.4, -0.2) is 65.6 Å². The van der Waals surface area contributed by atoms with Crippen molar-refractivity contribution in [1.29, 1.82) is 0 Å². The van der Waals surface area contributed by atoms with Crippen molar-refractivity contribution in [3.05, 3.63) is 118 Å². The van der Waals surface area contributed by atoms with E-state index in [1.54, 1.807) is 55.7 Å². The summed E-state index contributed by atoms with van der Waals surface area (Å²) in [6, 6.07) is 17.6. The highest BCUT2D eigenvalue weighted by atomic mass is 19.1. The molecule has 1 aliphatic heterocycles. The molecule has 5 rings (SSSR count). The van der Waals surface area contributed by atoms with Gasteiger partial charge in [-0.2, -0.15) is 0 Å². The zero-order valence-corrected chi connectivity index (χ0v) is 32.1. The number of hydrogen-bond acceptors (Lipinski definition) is 8. The Hall–Kier alpha value is -6.05. The molecule has 0 aliphatic carbocycles. The lowest BCUT2D eigenvalue weighted by atomic mass is 10.00. The van der Waals surface area contributed by atoms with E-state index in [2.05, 4.69) is 10.6 Å². The van der Waals surface area contributed by atoms with Gasteiger partial charge in [-0.05, 0) is 68.2 Å². The van der Waals surface area contributed by atoms with Crippen molar-refractivity contribution in [3.8, 4) is 0 Å². The van der Waals surface area contributed by atoms with Gasteiger partial charge in [0.25, 0.3) is 0 Å². The van der Waals surface area contributed by atoms with E-state index in [0.29, 0.717) is 42.1 Å². The zero-order valence-electron chi connectivity index (χ0n) is 32.1. The fraction of sp³-hybridized carbons (Fsp3) is 0.357. The number of piperazine rings is 1. The minimum absolute atomic E-state index is 0.0138. The summed E-state index contributed by atoms with van der Waals surface area (Å²) in [6.07, 6.45) is 1.38. The Morgan fingerprint density at radius 2 is 1.54 bits per heavy atom. The van der Waals surface area contributed by atoms with Crippen LogP contribution in [0.2, 0.25) is 0 Å². The van der Waals surface area contributed by atoms with Gasteiger partial charge in [0.15, 0.2) is 11.2 Å². The largest absolute Gasteiger partial charge is 0.445 e. The first-order valence-corrected chi connectivity index (χ1v) is 18.5. The van der Waals surface area contributed by atoms with Gasteiger partial charge in [0, 0.05) is 50.0 Å². The van der Waals surface area contributed by atoms with Crippen LogP contribution in [0, 0.1) is 17.7 Å². The van der Waals surface area contributed by atoms with Gasteiger partial charge in [-0.3, -0.25) is 14.4 Å². The molecule has 0 spiro atoms. The van der Waals surface area contributed by atoms with Crippen LogP contribution in [0.3, 0.4) is 0 Å². The lowest BCUT2D eigenvalue weighted by Gasteiger charge is -2.35. The molecule has 0 saturated carbocycles. The van der Waals surface area contributed by atoms with Gasteiger partial charge >= 0.3 is 12.2 Å². The highest BCUT2D eigenvalue weighted by Gasteiger charge is 2.26. The molecule has 2 heterocycles. The van der Waals surface area contributed by atoms with E-state index in [1.165, 1.54) is 30.2 Å². The van der Waals surface area contributed by atoms with Crippen LogP contribution in [0.5, 0.6) is 0 Å². The van der Waals surface area contributed by atoms with E-state index >= 15 is 8.78 Å². The normalized spacial score (nSPS) is 14.3. The SMILES string of the molecule is CCn1cc(C(C)=O)c(=O)c2cc(F)c(N3CCN(C(=O)OCc4ccc(NC(=O)[C@H](C)/C=C(\F)[C@@H](NC(=O)OCc5ccccc5)C(C)C)cc4)CC3)cc21. The number of carbonyl (C=O) groups is 4. The average Bonchev–Trinajstić information content (AvgIpc) is 3.19. The van der Waals surface area contributed by atoms with Crippen LogP contribution < -0.4 is 21.0 Å². The Labute approximate surface area is 324 Å². The molecule has 0 bridgehead atoms. The van der Waals surface area contributed by atoms with Gasteiger partial charge in [0.2, 0.25) is 5.91 Å². The Morgan fingerprint density at radius 1 is 0.893 bits per heavy atom. The number of hydrogen-bond donors (Lipinski definition) is 2. The molecule has 1 saturated heterocycles. The standard InChI is InChI=1S/C42H47F2N5O7/c1-6-47-23-33(28(5)50)39(51)32-21-34(43)37(22-36(32)47)48-16-18-49(19-17-48)42(54)56-25-30-12-14-31(15-13-30)45-40(52)27(4)20-35(44)38(26(2)3)46-41(53)55-24-29-10-8-7-9-11-29/h7-15,20-23,26-27,38H,6,16-19,24-25H2,1-5H3,(H,45,52)(H,46,53)/b35-20-/t27-,38+/m1/s1. The van der Waals surface area contributed by atoms with Crippen molar-refractivity contribution < 1.29 is 37.4 Å². The number of pyridine rings is 1. The topological polar surface area (TPSA) is 139 Å². The second kappa shape index (κ2) is 18.5. The summed E-state index contributed by atoms with van der Waals surface area (Å²) in [6.45, 7) is 9.94. The van der Waals surface area contributed by atoms with Crippen LogP contribution in [0.25, 0.3) is 10.9 Å². The summed E-state index contributed by atoms with van der Waals surface area (Å²) in [5, 5.41) is 5.43. The monoisotopic (exact) mass is 771 g/mol. The second-order valence-electron chi connectivity index (χ2n) is 14.0. The van der Waals surface area contributed by atoms with E-state index in [4.69, 9.17) is 9.47 Å². The molecular formula is C42H47F2N5O7. The van der Waals surface area contributed by atoms with E-state index in [-0.39, 0.29) is 49.0 Å². The molecule has 12 nitrogen and oxygen atoms in total. The van der Waals surface area contributed by atoms with Crippen molar-refractivity contribution in [1.82, 2.24) is 14.8 Å². The van der Waals surface area contributed by atoms with Gasteiger partial charge in [-0.1, -0.05) is 56.3 Å². The molecule has 2 N–H and O–H groups in total. The lowest BCUT2D eigenvalue weighted by molar-refractivity contribution is -0.118. The van der Waals surface area contributed by atoms with E-state index in [0.717, 1.165) is 5.56 Å². The van der Waals surface area contributed by atoms with Gasteiger partial charge < -0.3 is 34.5 Å². The number of nitrogens with zero attached hydrogens (tertiary/aromatic N) is 3. The highest BCUT2D eigenvalue weighted by Crippen LogP contribution is 2.27. The maximum absolute atomic E-state index is 15.3. The molecule has 0 unspecified atom stereocenters. The summed E-state index contributed by atoms with van der Waals surface area (Å²) < 4.78 is 43.1. The van der Waals surface area contributed by atoms with Crippen LogP contribution >= 0.6 is 0 Å². The molecule has 1 aromatic heterocycles. The van der Waals surface area contributed by atoms with Gasteiger partial charge in [-0.15, -0.1) is 0 Å². The van der Waals surface area contributed by atoms with E-state index in [9.17, 15) is 24.0 Å². The molecule has 3 aromatic carbocycles. The molecule has 14 heteroatoms. The van der Waals surface area contributed by atoms with Crippen molar-refractivity contribution in [2.24, 2.45) is 11.8 Å². The van der Waals surface area contributed by atoms with Crippen molar-refractivity contribution in [3.63, 3.8) is 0 Å². The molecule has 4 aromatic rings. The molecule has 2 atom stereocenters. The summed E-state index contributed by atoms with van der Waals surface area (Å²) in [5.74, 6) is -3.27.